The Balaban J connectivity index is 1.87. The number of nitro groups is 1. The van der Waals surface area contributed by atoms with Crippen molar-refractivity contribution in [1.29, 1.82) is 5.26 Å². The molecule has 0 atom stereocenters. The Morgan fingerprint density at radius 1 is 1.10 bits per heavy atom. The molecule has 30 heavy (non-hydrogen) atoms. The smallest absolute Gasteiger partial charge is 0.281 e. The number of nitrogens with zero attached hydrogens (tertiary/aromatic N) is 2. The topological polar surface area (TPSA) is 109 Å². The lowest BCUT2D eigenvalue weighted by Crippen LogP contribution is -2.13. The van der Waals surface area contributed by atoms with Gasteiger partial charge in [0.15, 0.2) is 0 Å². The number of nitro benzene ring substituents is 1. The van der Waals surface area contributed by atoms with Crippen LogP contribution in [0.2, 0.25) is 15.1 Å². The van der Waals surface area contributed by atoms with Gasteiger partial charge in [-0.25, -0.2) is 0 Å². The van der Waals surface area contributed by atoms with Crippen molar-refractivity contribution in [1.82, 2.24) is 0 Å². The van der Waals surface area contributed by atoms with Crippen LogP contribution in [0.5, 0.6) is 0 Å². The van der Waals surface area contributed by atoms with Crippen molar-refractivity contribution in [3.8, 4) is 17.4 Å². The standard InChI is InChI=1S/C20H10Cl3N3O4/c21-12-1-4-15(18(8-12)26(28)29)19-6-3-14(30-19)7-11(10-24)20(27)25-13-2-5-16(22)17(23)9-13/h1-9H,(H,25,27)/b11-7-. The quantitative estimate of drug-likeness (QED) is 0.205. The first kappa shape index (κ1) is 21.4. The van der Waals surface area contributed by atoms with E-state index < -0.39 is 10.8 Å². The van der Waals surface area contributed by atoms with E-state index in [-0.39, 0.29) is 38.4 Å². The van der Waals surface area contributed by atoms with Gasteiger partial charge in [0.25, 0.3) is 11.6 Å². The SMILES string of the molecule is N#C/C(=C/c1ccc(-c2ccc(Cl)cc2[N+](=O)[O-])o1)C(=O)Nc1ccc(Cl)c(Cl)c1. The van der Waals surface area contributed by atoms with Crippen LogP contribution in [0, 0.1) is 21.4 Å². The average Bonchev–Trinajstić information content (AvgIpc) is 3.17. The molecule has 0 aliphatic rings. The summed E-state index contributed by atoms with van der Waals surface area (Å²) >= 11 is 17.6. The number of furan rings is 1. The monoisotopic (exact) mass is 461 g/mol. The van der Waals surface area contributed by atoms with Gasteiger partial charge < -0.3 is 9.73 Å². The highest BCUT2D eigenvalue weighted by Crippen LogP contribution is 2.33. The molecule has 2 aromatic carbocycles. The Labute approximate surface area is 185 Å². The van der Waals surface area contributed by atoms with Crippen LogP contribution in [0.4, 0.5) is 11.4 Å². The van der Waals surface area contributed by atoms with Gasteiger partial charge in [-0.15, -0.1) is 0 Å². The Morgan fingerprint density at radius 3 is 2.53 bits per heavy atom. The van der Waals surface area contributed by atoms with Crippen LogP contribution < -0.4 is 5.32 Å². The predicted octanol–water partition coefficient (Wildman–Crippen LogP) is 6.36. The number of nitrogens with one attached hydrogen (secondary N) is 1. The number of benzene rings is 2. The average molecular weight is 463 g/mol. The molecule has 10 heteroatoms. The number of amides is 1. The lowest BCUT2D eigenvalue weighted by molar-refractivity contribution is -0.384. The maximum Gasteiger partial charge on any atom is 0.281 e. The number of anilines is 1. The molecule has 3 rings (SSSR count). The van der Waals surface area contributed by atoms with Crippen molar-refractivity contribution in [3.63, 3.8) is 0 Å². The first-order valence-electron chi connectivity index (χ1n) is 8.21. The zero-order valence-corrected chi connectivity index (χ0v) is 17.1. The molecule has 0 spiro atoms. The zero-order chi connectivity index (χ0) is 21.8. The van der Waals surface area contributed by atoms with Crippen molar-refractivity contribution >= 4 is 58.2 Å². The molecule has 0 radical (unpaired) electrons. The third kappa shape index (κ3) is 4.81. The number of nitriles is 1. The van der Waals surface area contributed by atoms with Crippen LogP contribution in [0.15, 0.2) is 58.5 Å². The summed E-state index contributed by atoms with van der Waals surface area (Å²) in [7, 11) is 0. The summed E-state index contributed by atoms with van der Waals surface area (Å²) in [6, 6.07) is 13.4. The van der Waals surface area contributed by atoms with Crippen LogP contribution in [-0.4, -0.2) is 10.8 Å². The Kier molecular flexibility index (Phi) is 6.43. The molecule has 0 bridgehead atoms. The van der Waals surface area contributed by atoms with Gasteiger partial charge >= 0.3 is 0 Å². The number of hydrogen-bond donors (Lipinski definition) is 1. The normalized spacial score (nSPS) is 11.1. The third-order valence-corrected chi connectivity index (χ3v) is 4.85. The summed E-state index contributed by atoms with van der Waals surface area (Å²) in [4.78, 5) is 23.1. The van der Waals surface area contributed by atoms with Crippen LogP contribution in [-0.2, 0) is 4.79 Å². The minimum absolute atomic E-state index is 0.162. The number of carbonyl (C=O) groups excluding carboxylic acids is 1. The van der Waals surface area contributed by atoms with Gasteiger partial charge in [0, 0.05) is 22.9 Å². The van der Waals surface area contributed by atoms with Crippen molar-refractivity contribution in [2.75, 3.05) is 5.32 Å². The number of hydrogen-bond acceptors (Lipinski definition) is 5. The minimum atomic E-state index is -0.689. The second-order valence-electron chi connectivity index (χ2n) is 5.87. The van der Waals surface area contributed by atoms with E-state index in [1.807, 2.05) is 0 Å². The highest BCUT2D eigenvalue weighted by molar-refractivity contribution is 6.42. The van der Waals surface area contributed by atoms with Crippen molar-refractivity contribution in [2.45, 2.75) is 0 Å². The molecule has 1 N–H and O–H groups in total. The number of halogens is 3. The van der Waals surface area contributed by atoms with Crippen LogP contribution in [0.25, 0.3) is 17.4 Å². The highest BCUT2D eigenvalue weighted by atomic mass is 35.5. The molecule has 3 aromatic rings. The van der Waals surface area contributed by atoms with Gasteiger partial charge in [0.05, 0.1) is 20.5 Å². The lowest BCUT2D eigenvalue weighted by Gasteiger charge is -2.05. The molecule has 0 aliphatic carbocycles. The molecule has 1 heterocycles. The summed E-state index contributed by atoms with van der Waals surface area (Å²) in [6.45, 7) is 0. The van der Waals surface area contributed by atoms with Gasteiger partial charge in [-0.3, -0.25) is 14.9 Å². The summed E-state index contributed by atoms with van der Waals surface area (Å²) < 4.78 is 5.57. The minimum Gasteiger partial charge on any atom is -0.456 e. The van der Waals surface area contributed by atoms with Crippen molar-refractivity contribution < 1.29 is 14.1 Å². The lowest BCUT2D eigenvalue weighted by atomic mass is 10.1. The first-order valence-corrected chi connectivity index (χ1v) is 9.34. The molecule has 1 amide bonds. The second-order valence-corrected chi connectivity index (χ2v) is 7.12. The summed E-state index contributed by atoms with van der Waals surface area (Å²) in [5.41, 5.74) is 0.0908. The van der Waals surface area contributed by atoms with Crippen molar-refractivity contribution in [2.24, 2.45) is 0 Å². The fraction of sp³-hybridized carbons (Fsp3) is 0. The third-order valence-electron chi connectivity index (χ3n) is 3.88. The first-order chi connectivity index (χ1) is 14.3. The van der Waals surface area contributed by atoms with Gasteiger partial charge in [-0.05, 0) is 42.5 Å². The molecule has 0 fully saturated rings. The second kappa shape index (κ2) is 9.01. The Hall–Kier alpha value is -3.31. The van der Waals surface area contributed by atoms with E-state index in [0.717, 1.165) is 0 Å². The summed E-state index contributed by atoms with van der Waals surface area (Å²) in [5, 5.41) is 23.9. The van der Waals surface area contributed by atoms with E-state index in [2.05, 4.69) is 5.32 Å². The van der Waals surface area contributed by atoms with E-state index in [1.54, 1.807) is 6.07 Å². The van der Waals surface area contributed by atoms with Crippen LogP contribution in [0.3, 0.4) is 0 Å². The van der Waals surface area contributed by atoms with Crippen LogP contribution >= 0.6 is 34.8 Å². The van der Waals surface area contributed by atoms with E-state index in [4.69, 9.17) is 39.2 Å². The van der Waals surface area contributed by atoms with E-state index >= 15 is 0 Å². The summed E-state index contributed by atoms with van der Waals surface area (Å²) in [5.74, 6) is -0.340. The molecule has 7 nitrogen and oxygen atoms in total. The molecule has 150 valence electrons. The molecule has 0 saturated heterocycles. The fourth-order valence-electron chi connectivity index (χ4n) is 2.50. The molecular weight excluding hydrogens is 453 g/mol. The highest BCUT2D eigenvalue weighted by Gasteiger charge is 2.19. The number of carbonyl (C=O) groups is 1. The van der Waals surface area contributed by atoms with Crippen LogP contribution in [0.1, 0.15) is 5.76 Å². The predicted molar refractivity (Wildman–Crippen MR) is 114 cm³/mol. The van der Waals surface area contributed by atoms with Gasteiger partial charge in [-0.2, -0.15) is 5.26 Å². The van der Waals surface area contributed by atoms with E-state index in [0.29, 0.717) is 10.7 Å². The fourth-order valence-corrected chi connectivity index (χ4v) is 2.97. The molecule has 0 unspecified atom stereocenters. The maximum atomic E-state index is 12.4. The van der Waals surface area contributed by atoms with E-state index in [1.165, 1.54) is 54.6 Å². The molecule has 0 saturated carbocycles. The Bertz CT molecular complexity index is 1230. The maximum absolute atomic E-state index is 12.4. The van der Waals surface area contributed by atoms with Gasteiger partial charge in [-0.1, -0.05) is 34.8 Å². The summed E-state index contributed by atoms with van der Waals surface area (Å²) in [6.07, 6.45) is 1.22. The number of rotatable bonds is 5. The largest absolute Gasteiger partial charge is 0.456 e. The van der Waals surface area contributed by atoms with Crippen molar-refractivity contribution in [3.05, 3.63) is 85.0 Å². The van der Waals surface area contributed by atoms with Gasteiger partial charge in [0.1, 0.15) is 23.2 Å². The molecule has 1 aromatic heterocycles. The Morgan fingerprint density at radius 2 is 1.87 bits per heavy atom. The molecule has 0 aliphatic heterocycles. The zero-order valence-electron chi connectivity index (χ0n) is 14.9. The van der Waals surface area contributed by atoms with Gasteiger partial charge in [0.2, 0.25) is 0 Å². The molecular formula is C20H10Cl3N3O4. The van der Waals surface area contributed by atoms with E-state index in [9.17, 15) is 20.2 Å².